The van der Waals surface area contributed by atoms with Crippen molar-refractivity contribution in [3.63, 3.8) is 0 Å². The van der Waals surface area contributed by atoms with E-state index in [9.17, 15) is 0 Å². The molecule has 2 rings (SSSR count). The van der Waals surface area contributed by atoms with Crippen LogP contribution in [0.3, 0.4) is 0 Å². The highest BCUT2D eigenvalue weighted by Crippen LogP contribution is 2.26. The molecule has 2 aromatic rings. The van der Waals surface area contributed by atoms with Gasteiger partial charge < -0.3 is 10.5 Å². The van der Waals surface area contributed by atoms with Gasteiger partial charge in [0.1, 0.15) is 11.5 Å². The third-order valence-corrected chi connectivity index (χ3v) is 2.48. The maximum absolute atomic E-state index is 5.78. The van der Waals surface area contributed by atoms with E-state index in [1.54, 1.807) is 12.4 Å². The minimum absolute atomic E-state index is 0.411. The fourth-order valence-electron chi connectivity index (χ4n) is 1.69. The molecule has 0 amide bonds. The molecule has 0 aliphatic heterocycles. The second-order valence-corrected chi connectivity index (χ2v) is 3.82. The van der Waals surface area contributed by atoms with Crippen LogP contribution < -0.4 is 10.5 Å². The van der Waals surface area contributed by atoms with Gasteiger partial charge in [0.2, 0.25) is 0 Å². The van der Waals surface area contributed by atoms with Crippen molar-refractivity contribution in [2.75, 3.05) is 0 Å². The van der Waals surface area contributed by atoms with Crippen LogP contribution in [0, 0.1) is 13.8 Å². The highest BCUT2D eigenvalue weighted by Gasteiger charge is 2.09. The van der Waals surface area contributed by atoms with E-state index in [0.29, 0.717) is 12.3 Å². The van der Waals surface area contributed by atoms with E-state index in [1.807, 2.05) is 32.0 Å². The Bertz CT molecular complexity index is 512. The van der Waals surface area contributed by atoms with Crippen LogP contribution in [0.4, 0.5) is 0 Å². The molecule has 0 spiro atoms. The Morgan fingerprint density at radius 1 is 1.35 bits per heavy atom. The summed E-state index contributed by atoms with van der Waals surface area (Å²) in [5.74, 6) is 1.46. The fraction of sp³-hybridized carbons (Fsp3) is 0.231. The van der Waals surface area contributed by atoms with Gasteiger partial charge in [-0.25, -0.2) is 0 Å². The van der Waals surface area contributed by atoms with Crippen molar-refractivity contribution < 1.29 is 4.74 Å². The van der Waals surface area contributed by atoms with Crippen LogP contribution in [-0.2, 0) is 6.54 Å². The summed E-state index contributed by atoms with van der Waals surface area (Å²) in [5.41, 5.74) is 8.47. The second-order valence-electron chi connectivity index (χ2n) is 3.82. The minimum atomic E-state index is 0.411. The largest absolute Gasteiger partial charge is 0.455 e. The van der Waals surface area contributed by atoms with Crippen molar-refractivity contribution in [3.8, 4) is 11.5 Å². The molecule has 2 aromatic heterocycles. The van der Waals surface area contributed by atoms with E-state index in [-0.39, 0.29) is 0 Å². The summed E-state index contributed by atoms with van der Waals surface area (Å²) in [6.07, 6.45) is 3.38. The lowest BCUT2D eigenvalue weighted by molar-refractivity contribution is 0.471. The molecular weight excluding hydrogens is 214 g/mol. The van der Waals surface area contributed by atoms with Crippen LogP contribution in [0.5, 0.6) is 11.5 Å². The molecule has 0 aliphatic rings. The van der Waals surface area contributed by atoms with Crippen molar-refractivity contribution >= 4 is 0 Å². The Balaban J connectivity index is 2.38. The van der Waals surface area contributed by atoms with Gasteiger partial charge in [-0.2, -0.15) is 0 Å². The smallest absolute Gasteiger partial charge is 0.145 e. The van der Waals surface area contributed by atoms with Gasteiger partial charge in [0.15, 0.2) is 0 Å². The number of rotatable bonds is 3. The fourth-order valence-corrected chi connectivity index (χ4v) is 1.69. The van der Waals surface area contributed by atoms with E-state index >= 15 is 0 Å². The zero-order valence-electron chi connectivity index (χ0n) is 9.97. The molecule has 0 saturated heterocycles. The molecule has 0 saturated carbocycles. The van der Waals surface area contributed by atoms with Gasteiger partial charge in [-0.3, -0.25) is 9.97 Å². The van der Waals surface area contributed by atoms with Crippen molar-refractivity contribution in [1.29, 1.82) is 0 Å². The standard InChI is InChI=1S/C13H15N3O/c1-9-6-13(12(7-14)10(2)16-9)17-11-4-3-5-15-8-11/h3-6,8H,7,14H2,1-2H3. The van der Waals surface area contributed by atoms with Crippen LogP contribution >= 0.6 is 0 Å². The quantitative estimate of drug-likeness (QED) is 0.877. The Hall–Kier alpha value is -1.94. The summed E-state index contributed by atoms with van der Waals surface area (Å²) < 4.78 is 5.78. The monoisotopic (exact) mass is 229 g/mol. The maximum atomic E-state index is 5.78. The molecule has 0 radical (unpaired) electrons. The summed E-state index contributed by atoms with van der Waals surface area (Å²) in [7, 11) is 0. The molecule has 2 N–H and O–H groups in total. The van der Waals surface area contributed by atoms with E-state index in [2.05, 4.69) is 9.97 Å². The molecule has 0 bridgehead atoms. The van der Waals surface area contributed by atoms with Crippen LogP contribution in [-0.4, -0.2) is 9.97 Å². The Morgan fingerprint density at radius 3 is 2.82 bits per heavy atom. The van der Waals surface area contributed by atoms with Crippen molar-refractivity contribution in [3.05, 3.63) is 47.5 Å². The van der Waals surface area contributed by atoms with Crippen molar-refractivity contribution in [2.45, 2.75) is 20.4 Å². The molecule has 2 heterocycles. The predicted octanol–water partition coefficient (Wildman–Crippen LogP) is 2.34. The van der Waals surface area contributed by atoms with Crippen LogP contribution in [0.2, 0.25) is 0 Å². The average molecular weight is 229 g/mol. The molecular formula is C13H15N3O. The first-order valence-electron chi connectivity index (χ1n) is 5.46. The number of hydrogen-bond donors (Lipinski definition) is 1. The topological polar surface area (TPSA) is 61.0 Å². The highest BCUT2D eigenvalue weighted by atomic mass is 16.5. The summed E-state index contributed by atoms with van der Waals surface area (Å²) >= 11 is 0. The highest BCUT2D eigenvalue weighted by molar-refractivity contribution is 5.40. The summed E-state index contributed by atoms with van der Waals surface area (Å²) in [6.45, 7) is 4.28. The molecule has 0 aromatic carbocycles. The van der Waals surface area contributed by atoms with E-state index in [1.165, 1.54) is 0 Å². The van der Waals surface area contributed by atoms with Crippen molar-refractivity contribution in [1.82, 2.24) is 9.97 Å². The van der Waals surface area contributed by atoms with E-state index < -0.39 is 0 Å². The van der Waals surface area contributed by atoms with Gasteiger partial charge in [-0.15, -0.1) is 0 Å². The summed E-state index contributed by atoms with van der Waals surface area (Å²) in [4.78, 5) is 8.38. The average Bonchev–Trinajstić information content (AvgIpc) is 2.30. The Morgan fingerprint density at radius 2 is 2.18 bits per heavy atom. The van der Waals surface area contributed by atoms with Gasteiger partial charge in [0.25, 0.3) is 0 Å². The maximum Gasteiger partial charge on any atom is 0.145 e. The lowest BCUT2D eigenvalue weighted by Gasteiger charge is -2.12. The molecule has 0 aliphatic carbocycles. The SMILES string of the molecule is Cc1cc(Oc2cccnc2)c(CN)c(C)n1. The van der Waals surface area contributed by atoms with Gasteiger partial charge in [0, 0.05) is 35.8 Å². The van der Waals surface area contributed by atoms with Crippen molar-refractivity contribution in [2.24, 2.45) is 5.73 Å². The number of nitrogens with zero attached hydrogens (tertiary/aromatic N) is 2. The predicted molar refractivity (Wildman–Crippen MR) is 65.9 cm³/mol. The first kappa shape index (κ1) is 11.5. The third kappa shape index (κ3) is 2.60. The van der Waals surface area contributed by atoms with Crippen LogP contribution in [0.15, 0.2) is 30.6 Å². The van der Waals surface area contributed by atoms with Crippen LogP contribution in [0.1, 0.15) is 17.0 Å². The molecule has 88 valence electrons. The van der Waals surface area contributed by atoms with E-state index in [0.717, 1.165) is 22.7 Å². The van der Waals surface area contributed by atoms with Gasteiger partial charge in [-0.05, 0) is 26.0 Å². The first-order chi connectivity index (χ1) is 8.20. The Kier molecular flexibility index (Phi) is 3.35. The van der Waals surface area contributed by atoms with Gasteiger partial charge in [0.05, 0.1) is 6.20 Å². The van der Waals surface area contributed by atoms with Gasteiger partial charge in [-0.1, -0.05) is 0 Å². The number of hydrogen-bond acceptors (Lipinski definition) is 4. The zero-order valence-corrected chi connectivity index (χ0v) is 9.97. The van der Waals surface area contributed by atoms with Crippen LogP contribution in [0.25, 0.3) is 0 Å². The molecule has 0 fully saturated rings. The number of pyridine rings is 2. The number of nitrogens with two attached hydrogens (primary N) is 1. The summed E-state index contributed by atoms with van der Waals surface area (Å²) in [5, 5.41) is 0. The second kappa shape index (κ2) is 4.93. The first-order valence-corrected chi connectivity index (χ1v) is 5.46. The molecule has 0 atom stereocenters. The number of ether oxygens (including phenoxy) is 1. The van der Waals surface area contributed by atoms with E-state index in [4.69, 9.17) is 10.5 Å². The number of aromatic nitrogens is 2. The zero-order chi connectivity index (χ0) is 12.3. The summed E-state index contributed by atoms with van der Waals surface area (Å²) in [6, 6.07) is 5.58. The lowest BCUT2D eigenvalue weighted by atomic mass is 10.1. The minimum Gasteiger partial charge on any atom is -0.455 e. The molecule has 0 unspecified atom stereocenters. The molecule has 4 heteroatoms. The normalized spacial score (nSPS) is 10.3. The number of aryl methyl sites for hydroxylation is 2. The lowest BCUT2D eigenvalue weighted by Crippen LogP contribution is -2.05. The third-order valence-electron chi connectivity index (χ3n) is 2.48. The van der Waals surface area contributed by atoms with Gasteiger partial charge >= 0.3 is 0 Å². The molecule has 4 nitrogen and oxygen atoms in total. The molecule has 17 heavy (non-hydrogen) atoms. The Labute approximate surface area is 100 Å².